The molecule has 108 valence electrons. The number of hydrogen-bond donors (Lipinski definition) is 4. The second kappa shape index (κ2) is 5.87. The molecule has 19 heavy (non-hydrogen) atoms. The highest BCUT2D eigenvalue weighted by molar-refractivity contribution is 5.86. The maximum Gasteiger partial charge on any atom is 0.337 e. The lowest BCUT2D eigenvalue weighted by Crippen LogP contribution is -2.56. The third kappa shape index (κ3) is 3.82. The number of nitrogens with one attached hydrogen (secondary N) is 1. The minimum atomic E-state index is -2.05. The first kappa shape index (κ1) is 15.2. The van der Waals surface area contributed by atoms with Gasteiger partial charge in [-0.3, -0.25) is 4.79 Å². The largest absolute Gasteiger partial charge is 0.479 e. The molecular formula is C11H19N3O5. The van der Waals surface area contributed by atoms with Gasteiger partial charge in [-0.2, -0.15) is 0 Å². The lowest BCUT2D eigenvalue weighted by molar-refractivity contribution is -0.155. The number of primary amides is 1. The topological polar surface area (TPSA) is 133 Å². The first-order chi connectivity index (χ1) is 8.75. The first-order valence-electron chi connectivity index (χ1n) is 6.05. The lowest BCUT2D eigenvalue weighted by atomic mass is 10.0. The number of carbonyl (C=O) groups excluding carboxylic acids is 2. The summed E-state index contributed by atoms with van der Waals surface area (Å²) in [7, 11) is 0. The third-order valence-corrected chi connectivity index (χ3v) is 3.14. The molecule has 0 aromatic rings. The van der Waals surface area contributed by atoms with Crippen LogP contribution in [0.4, 0.5) is 4.79 Å². The van der Waals surface area contributed by atoms with Crippen molar-refractivity contribution in [2.45, 2.75) is 37.8 Å². The quantitative estimate of drug-likeness (QED) is 0.514. The molecule has 1 saturated heterocycles. The minimum Gasteiger partial charge on any atom is -0.479 e. The Morgan fingerprint density at radius 2 is 2.05 bits per heavy atom. The van der Waals surface area contributed by atoms with Crippen LogP contribution in [-0.2, 0) is 9.59 Å². The molecule has 0 radical (unpaired) electrons. The molecule has 1 aliphatic heterocycles. The van der Waals surface area contributed by atoms with Gasteiger partial charge in [0.05, 0.1) is 6.54 Å². The van der Waals surface area contributed by atoms with Gasteiger partial charge in [0.15, 0.2) is 5.60 Å². The van der Waals surface area contributed by atoms with Crippen molar-refractivity contribution in [2.75, 3.05) is 13.1 Å². The monoisotopic (exact) mass is 273 g/mol. The first-order valence-corrected chi connectivity index (χ1v) is 6.05. The van der Waals surface area contributed by atoms with Gasteiger partial charge in [-0.15, -0.1) is 0 Å². The van der Waals surface area contributed by atoms with Crippen molar-refractivity contribution >= 4 is 17.9 Å². The van der Waals surface area contributed by atoms with E-state index in [1.54, 1.807) is 0 Å². The Labute approximate surface area is 110 Å². The van der Waals surface area contributed by atoms with Crippen LogP contribution in [0, 0.1) is 0 Å². The Hall–Kier alpha value is -1.83. The van der Waals surface area contributed by atoms with E-state index in [1.165, 1.54) is 4.90 Å². The summed E-state index contributed by atoms with van der Waals surface area (Å²) >= 11 is 0. The summed E-state index contributed by atoms with van der Waals surface area (Å²) in [6.45, 7) is 1.02. The minimum absolute atomic E-state index is 0.384. The molecule has 1 aliphatic rings. The van der Waals surface area contributed by atoms with Crippen molar-refractivity contribution in [1.82, 2.24) is 10.2 Å². The number of nitrogens with zero attached hydrogens (tertiary/aromatic N) is 1. The molecule has 0 bridgehead atoms. The van der Waals surface area contributed by atoms with Gasteiger partial charge in [0.25, 0.3) is 0 Å². The zero-order valence-corrected chi connectivity index (χ0v) is 10.8. The van der Waals surface area contributed by atoms with Gasteiger partial charge in [-0.1, -0.05) is 0 Å². The summed E-state index contributed by atoms with van der Waals surface area (Å²) in [5, 5.41) is 20.5. The molecule has 1 fully saturated rings. The van der Waals surface area contributed by atoms with E-state index in [-0.39, 0.29) is 0 Å². The lowest BCUT2D eigenvalue weighted by Gasteiger charge is -2.34. The number of aliphatic hydroxyl groups is 1. The predicted octanol–water partition coefficient (Wildman–Crippen LogP) is -1.13. The number of amides is 3. The van der Waals surface area contributed by atoms with Crippen molar-refractivity contribution in [2.24, 2.45) is 5.73 Å². The van der Waals surface area contributed by atoms with Crippen LogP contribution in [0.5, 0.6) is 0 Å². The second-order valence-electron chi connectivity index (χ2n) is 4.85. The van der Waals surface area contributed by atoms with Crippen LogP contribution in [0.3, 0.4) is 0 Å². The number of carboxylic acids is 1. The van der Waals surface area contributed by atoms with E-state index in [9.17, 15) is 19.5 Å². The van der Waals surface area contributed by atoms with Gasteiger partial charge in [-0.25, -0.2) is 9.59 Å². The zero-order valence-electron chi connectivity index (χ0n) is 10.8. The molecule has 0 aromatic carbocycles. The number of carboxylic acid groups (broad SMARTS) is 1. The molecular weight excluding hydrogens is 254 g/mol. The summed E-state index contributed by atoms with van der Waals surface area (Å²) in [4.78, 5) is 35.1. The van der Waals surface area contributed by atoms with E-state index in [1.807, 2.05) is 0 Å². The molecule has 0 aromatic heterocycles. The molecule has 1 rings (SSSR count). The van der Waals surface area contributed by atoms with Crippen LogP contribution < -0.4 is 11.1 Å². The second-order valence-corrected chi connectivity index (χ2v) is 4.85. The van der Waals surface area contributed by atoms with Crippen molar-refractivity contribution in [3.63, 3.8) is 0 Å². The summed E-state index contributed by atoms with van der Waals surface area (Å²) < 4.78 is 0. The van der Waals surface area contributed by atoms with Crippen molar-refractivity contribution in [1.29, 1.82) is 0 Å². The Kier molecular flexibility index (Phi) is 4.71. The van der Waals surface area contributed by atoms with Gasteiger partial charge in [0.2, 0.25) is 5.91 Å². The molecule has 1 heterocycles. The fourth-order valence-electron chi connectivity index (χ4n) is 1.90. The molecule has 5 N–H and O–H groups in total. The summed E-state index contributed by atoms with van der Waals surface area (Å²) in [6, 6.07) is -1.27. The van der Waals surface area contributed by atoms with E-state index in [4.69, 9.17) is 10.8 Å². The number of rotatable bonds is 4. The Morgan fingerprint density at radius 1 is 1.42 bits per heavy atom. The van der Waals surface area contributed by atoms with Crippen LogP contribution >= 0.6 is 0 Å². The van der Waals surface area contributed by atoms with E-state index in [0.29, 0.717) is 13.0 Å². The smallest absolute Gasteiger partial charge is 0.337 e. The van der Waals surface area contributed by atoms with Gasteiger partial charge in [-0.05, 0) is 26.2 Å². The van der Waals surface area contributed by atoms with Crippen molar-refractivity contribution in [3.8, 4) is 0 Å². The number of carbonyl (C=O) groups is 3. The van der Waals surface area contributed by atoms with E-state index < -0.39 is 36.1 Å². The fourth-order valence-corrected chi connectivity index (χ4v) is 1.90. The van der Waals surface area contributed by atoms with Crippen LogP contribution in [0.25, 0.3) is 0 Å². The van der Waals surface area contributed by atoms with E-state index in [2.05, 4.69) is 5.32 Å². The average Bonchev–Trinajstić information content (AvgIpc) is 2.35. The van der Waals surface area contributed by atoms with Crippen molar-refractivity contribution in [3.05, 3.63) is 0 Å². The molecule has 8 heteroatoms. The summed E-state index contributed by atoms with van der Waals surface area (Å²) in [6.07, 6.45) is 2.06. The fraction of sp³-hybridized carbons (Fsp3) is 0.727. The van der Waals surface area contributed by atoms with E-state index in [0.717, 1.165) is 19.8 Å². The third-order valence-electron chi connectivity index (χ3n) is 3.14. The Morgan fingerprint density at radius 3 is 2.58 bits per heavy atom. The number of urea groups is 1. The van der Waals surface area contributed by atoms with Gasteiger partial charge in [0.1, 0.15) is 6.04 Å². The van der Waals surface area contributed by atoms with Crippen LogP contribution in [-0.4, -0.2) is 57.8 Å². The highest BCUT2D eigenvalue weighted by atomic mass is 16.4. The Balaban J connectivity index is 2.61. The highest BCUT2D eigenvalue weighted by Gasteiger charge is 2.34. The molecule has 0 saturated carbocycles. The molecule has 8 nitrogen and oxygen atoms in total. The van der Waals surface area contributed by atoms with Crippen molar-refractivity contribution < 1.29 is 24.6 Å². The van der Waals surface area contributed by atoms with E-state index >= 15 is 0 Å². The molecule has 0 spiro atoms. The maximum atomic E-state index is 11.9. The highest BCUT2D eigenvalue weighted by Crippen LogP contribution is 2.16. The summed E-state index contributed by atoms with van der Waals surface area (Å²) in [5.74, 6) is -2.02. The van der Waals surface area contributed by atoms with Crippen LogP contribution in [0.2, 0.25) is 0 Å². The number of aliphatic carboxylic acids is 1. The number of likely N-dealkylation sites (tertiary alicyclic amines) is 1. The number of nitrogens with two attached hydrogens (primary N) is 1. The molecule has 3 amide bonds. The van der Waals surface area contributed by atoms with Gasteiger partial charge >= 0.3 is 12.0 Å². The number of piperidine rings is 1. The maximum absolute atomic E-state index is 11.9. The Bertz CT molecular complexity index is 383. The van der Waals surface area contributed by atoms with Gasteiger partial charge < -0.3 is 26.2 Å². The zero-order chi connectivity index (χ0) is 14.6. The normalized spacial score (nSPS) is 22.4. The molecule has 2 unspecified atom stereocenters. The van der Waals surface area contributed by atoms with Gasteiger partial charge in [0, 0.05) is 6.54 Å². The van der Waals surface area contributed by atoms with Crippen LogP contribution in [0.15, 0.2) is 0 Å². The molecule has 0 aliphatic carbocycles. The summed E-state index contributed by atoms with van der Waals surface area (Å²) in [5.41, 5.74) is 3.17. The van der Waals surface area contributed by atoms with Crippen LogP contribution in [0.1, 0.15) is 26.2 Å². The SMILES string of the molecule is CC(O)(CNC(=O)N1CCCCC1C(N)=O)C(=O)O. The predicted molar refractivity (Wildman–Crippen MR) is 65.2 cm³/mol. The average molecular weight is 273 g/mol. The standard InChI is InChI=1S/C11H19N3O5/c1-11(19,9(16)17)6-13-10(18)14-5-3-2-4-7(14)8(12)15/h7,19H,2-6H2,1H3,(H2,12,15)(H,13,18)(H,16,17). The molecule has 2 atom stereocenters. The number of hydrogen-bond acceptors (Lipinski definition) is 4.